The monoisotopic (exact) mass is 475 g/mol. The first-order valence-corrected chi connectivity index (χ1v) is 10.6. The maximum absolute atomic E-state index is 12.3. The first-order chi connectivity index (χ1) is 11.8. The van der Waals surface area contributed by atoms with Gasteiger partial charge in [0.05, 0.1) is 17.3 Å². The van der Waals surface area contributed by atoms with Gasteiger partial charge >= 0.3 is 0 Å². The van der Waals surface area contributed by atoms with Crippen molar-refractivity contribution in [2.24, 2.45) is 16.8 Å². The third-order valence-corrected chi connectivity index (χ3v) is 6.51. The van der Waals surface area contributed by atoms with Gasteiger partial charge in [0.15, 0.2) is 5.96 Å². The molecule has 3 atom stereocenters. The van der Waals surface area contributed by atoms with Gasteiger partial charge in [-0.3, -0.25) is 9.20 Å². The molecule has 140 valence electrons. The molecule has 0 aromatic heterocycles. The van der Waals surface area contributed by atoms with Gasteiger partial charge in [-0.15, -0.1) is 24.0 Å². The van der Waals surface area contributed by atoms with Crippen LogP contribution < -0.4 is 5.32 Å². The SMILES string of the molecule is CCNC(=NCCS(=O)c1ccccc1)N1CC2CCCCC2C1.I. The van der Waals surface area contributed by atoms with Gasteiger partial charge < -0.3 is 10.2 Å². The number of nitrogens with one attached hydrogen (secondary N) is 1. The number of hydrogen-bond acceptors (Lipinski definition) is 2. The number of guanidine groups is 1. The van der Waals surface area contributed by atoms with Crippen LogP contribution in [0.15, 0.2) is 40.2 Å². The summed E-state index contributed by atoms with van der Waals surface area (Å²) in [5, 5.41) is 3.42. The predicted molar refractivity (Wildman–Crippen MR) is 116 cm³/mol. The average Bonchev–Trinajstić information content (AvgIpc) is 3.05. The summed E-state index contributed by atoms with van der Waals surface area (Å²) in [7, 11) is -0.966. The van der Waals surface area contributed by atoms with Crippen molar-refractivity contribution in [3.05, 3.63) is 30.3 Å². The van der Waals surface area contributed by atoms with Crippen molar-refractivity contribution in [3.8, 4) is 0 Å². The first kappa shape index (κ1) is 20.7. The number of benzene rings is 1. The molecule has 0 spiro atoms. The molecular weight excluding hydrogens is 445 g/mol. The van der Waals surface area contributed by atoms with E-state index in [0.29, 0.717) is 12.3 Å². The second-order valence-corrected chi connectivity index (χ2v) is 8.38. The Morgan fingerprint density at radius 3 is 2.44 bits per heavy atom. The highest BCUT2D eigenvalue weighted by molar-refractivity contribution is 14.0. The van der Waals surface area contributed by atoms with E-state index in [4.69, 9.17) is 4.99 Å². The fourth-order valence-electron chi connectivity index (χ4n) is 3.93. The molecular formula is C19H30IN3OS. The molecule has 1 aliphatic carbocycles. The number of aliphatic imine (C=N–C) groups is 1. The maximum atomic E-state index is 12.3. The number of rotatable bonds is 5. The van der Waals surface area contributed by atoms with Crippen molar-refractivity contribution >= 4 is 40.7 Å². The van der Waals surface area contributed by atoms with E-state index in [-0.39, 0.29) is 24.0 Å². The zero-order valence-corrected chi connectivity index (χ0v) is 18.2. The lowest BCUT2D eigenvalue weighted by Crippen LogP contribution is -2.40. The van der Waals surface area contributed by atoms with Crippen LogP contribution >= 0.6 is 24.0 Å². The Labute approximate surface area is 171 Å². The fraction of sp³-hybridized carbons (Fsp3) is 0.632. The molecule has 6 heteroatoms. The van der Waals surface area contributed by atoms with E-state index in [9.17, 15) is 4.21 Å². The Morgan fingerprint density at radius 2 is 1.84 bits per heavy atom. The predicted octanol–water partition coefficient (Wildman–Crippen LogP) is 3.50. The molecule has 1 aromatic carbocycles. The van der Waals surface area contributed by atoms with E-state index < -0.39 is 10.8 Å². The van der Waals surface area contributed by atoms with Crippen molar-refractivity contribution in [3.63, 3.8) is 0 Å². The Morgan fingerprint density at radius 1 is 1.20 bits per heavy atom. The lowest BCUT2D eigenvalue weighted by atomic mass is 9.82. The zero-order chi connectivity index (χ0) is 16.8. The molecule has 1 aliphatic heterocycles. The summed E-state index contributed by atoms with van der Waals surface area (Å²) >= 11 is 0. The Hall–Kier alpha value is -0.630. The quantitative estimate of drug-likeness (QED) is 0.403. The van der Waals surface area contributed by atoms with Crippen LogP contribution in [-0.2, 0) is 10.8 Å². The van der Waals surface area contributed by atoms with Crippen LogP contribution in [0.1, 0.15) is 32.6 Å². The Kier molecular flexibility index (Phi) is 8.69. The summed E-state index contributed by atoms with van der Waals surface area (Å²) in [4.78, 5) is 8.08. The molecule has 1 saturated carbocycles. The molecule has 0 amide bonds. The largest absolute Gasteiger partial charge is 0.357 e. The van der Waals surface area contributed by atoms with Gasteiger partial charge in [0.25, 0.3) is 0 Å². The lowest BCUT2D eigenvalue weighted by Gasteiger charge is -2.22. The molecule has 0 bridgehead atoms. The molecule has 1 aromatic rings. The summed E-state index contributed by atoms with van der Waals surface area (Å²) in [6.07, 6.45) is 5.52. The van der Waals surface area contributed by atoms with Gasteiger partial charge in [-0.2, -0.15) is 0 Å². The van der Waals surface area contributed by atoms with E-state index in [1.54, 1.807) is 0 Å². The van der Waals surface area contributed by atoms with Crippen molar-refractivity contribution in [1.82, 2.24) is 10.2 Å². The van der Waals surface area contributed by atoms with Crippen LogP contribution in [0.25, 0.3) is 0 Å². The van der Waals surface area contributed by atoms with Gasteiger partial charge in [-0.25, -0.2) is 0 Å². The Balaban J connectivity index is 0.00000225. The van der Waals surface area contributed by atoms with E-state index in [1.165, 1.54) is 25.7 Å². The van der Waals surface area contributed by atoms with Gasteiger partial charge in [-0.05, 0) is 43.7 Å². The third-order valence-electron chi connectivity index (χ3n) is 5.16. The van der Waals surface area contributed by atoms with Crippen molar-refractivity contribution < 1.29 is 4.21 Å². The third kappa shape index (κ3) is 5.67. The summed E-state index contributed by atoms with van der Waals surface area (Å²) in [6, 6.07) is 9.68. The lowest BCUT2D eigenvalue weighted by molar-refractivity contribution is 0.299. The number of halogens is 1. The first-order valence-electron chi connectivity index (χ1n) is 9.24. The van der Waals surface area contributed by atoms with Gasteiger partial charge in [0.1, 0.15) is 0 Å². The minimum atomic E-state index is -0.966. The van der Waals surface area contributed by atoms with Gasteiger partial charge in [0.2, 0.25) is 0 Å². The van der Waals surface area contributed by atoms with E-state index in [0.717, 1.165) is 42.3 Å². The van der Waals surface area contributed by atoms with Crippen molar-refractivity contribution in [2.75, 3.05) is 31.9 Å². The Bertz CT molecular complexity index is 567. The summed E-state index contributed by atoms with van der Waals surface area (Å²) in [5.74, 6) is 3.29. The van der Waals surface area contributed by atoms with E-state index in [1.807, 2.05) is 30.3 Å². The number of fused-ring (bicyclic) bond motifs is 1. The molecule has 3 rings (SSSR count). The number of nitrogens with zero attached hydrogens (tertiary/aromatic N) is 2. The van der Waals surface area contributed by atoms with Gasteiger partial charge in [0, 0.05) is 30.3 Å². The highest BCUT2D eigenvalue weighted by Gasteiger charge is 2.35. The van der Waals surface area contributed by atoms with Crippen LogP contribution in [-0.4, -0.2) is 47.0 Å². The second-order valence-electron chi connectivity index (χ2n) is 6.81. The summed E-state index contributed by atoms with van der Waals surface area (Å²) in [6.45, 7) is 5.87. The van der Waals surface area contributed by atoms with E-state index >= 15 is 0 Å². The summed E-state index contributed by atoms with van der Waals surface area (Å²) < 4.78 is 12.3. The molecule has 0 radical (unpaired) electrons. The molecule has 3 unspecified atom stereocenters. The molecule has 1 heterocycles. The van der Waals surface area contributed by atoms with Gasteiger partial charge in [-0.1, -0.05) is 31.0 Å². The normalized spacial score (nSPS) is 24.4. The topological polar surface area (TPSA) is 44.7 Å². The second kappa shape index (κ2) is 10.5. The molecule has 2 fully saturated rings. The highest BCUT2D eigenvalue weighted by Crippen LogP contribution is 2.35. The number of likely N-dealkylation sites (tertiary alicyclic amines) is 1. The molecule has 1 saturated heterocycles. The standard InChI is InChI=1S/C19H29N3OS.HI/c1-2-20-19(22-14-16-8-6-7-9-17(16)15-22)21-12-13-24(23)18-10-4-3-5-11-18;/h3-5,10-11,16-17H,2,6-9,12-15H2,1H3,(H,20,21);1H. The van der Waals surface area contributed by atoms with Crippen LogP contribution in [0.2, 0.25) is 0 Å². The molecule has 4 nitrogen and oxygen atoms in total. The minimum Gasteiger partial charge on any atom is -0.357 e. The highest BCUT2D eigenvalue weighted by atomic mass is 127. The minimum absolute atomic E-state index is 0. The van der Waals surface area contributed by atoms with Crippen molar-refractivity contribution in [1.29, 1.82) is 0 Å². The average molecular weight is 475 g/mol. The van der Waals surface area contributed by atoms with Crippen molar-refractivity contribution in [2.45, 2.75) is 37.5 Å². The fourth-order valence-corrected chi connectivity index (χ4v) is 4.88. The van der Waals surface area contributed by atoms with Crippen LogP contribution in [0.4, 0.5) is 0 Å². The summed E-state index contributed by atoms with van der Waals surface area (Å²) in [5.41, 5.74) is 0. The van der Waals surface area contributed by atoms with Crippen LogP contribution in [0, 0.1) is 11.8 Å². The molecule has 1 N–H and O–H groups in total. The smallest absolute Gasteiger partial charge is 0.193 e. The maximum Gasteiger partial charge on any atom is 0.193 e. The van der Waals surface area contributed by atoms with Crippen LogP contribution in [0.5, 0.6) is 0 Å². The molecule has 25 heavy (non-hydrogen) atoms. The van der Waals surface area contributed by atoms with Crippen LogP contribution in [0.3, 0.4) is 0 Å². The molecule has 2 aliphatic rings. The number of hydrogen-bond donors (Lipinski definition) is 1. The zero-order valence-electron chi connectivity index (χ0n) is 15.0. The van der Waals surface area contributed by atoms with E-state index in [2.05, 4.69) is 17.1 Å².